The number of hydrogen-bond donors (Lipinski definition) is 1. The highest BCUT2D eigenvalue weighted by Gasteiger charge is 2.29. The van der Waals surface area contributed by atoms with Gasteiger partial charge in [0.05, 0.1) is 12.6 Å². The number of likely N-dealkylation sites (tertiary alicyclic amines) is 2. The summed E-state index contributed by atoms with van der Waals surface area (Å²) in [5.41, 5.74) is 0. The van der Waals surface area contributed by atoms with E-state index in [1.54, 1.807) is 11.3 Å². The zero-order chi connectivity index (χ0) is 17.6. The zero-order valence-corrected chi connectivity index (χ0v) is 15.9. The lowest BCUT2D eigenvalue weighted by Crippen LogP contribution is -2.46. The number of rotatable bonds is 5. The van der Waals surface area contributed by atoms with Gasteiger partial charge in [-0.05, 0) is 63.6 Å². The molecule has 0 bridgehead atoms. The van der Waals surface area contributed by atoms with Crippen molar-refractivity contribution in [2.45, 2.75) is 45.1 Å². The first kappa shape index (κ1) is 18.4. The van der Waals surface area contributed by atoms with Crippen molar-refractivity contribution >= 4 is 23.2 Å². The maximum atomic E-state index is 12.6. The van der Waals surface area contributed by atoms with Gasteiger partial charge in [0.2, 0.25) is 11.8 Å². The summed E-state index contributed by atoms with van der Waals surface area (Å²) in [4.78, 5) is 30.3. The van der Waals surface area contributed by atoms with Crippen LogP contribution in [0.3, 0.4) is 0 Å². The van der Waals surface area contributed by atoms with E-state index in [9.17, 15) is 9.59 Å². The van der Waals surface area contributed by atoms with Crippen molar-refractivity contribution in [2.75, 3.05) is 32.7 Å². The Hall–Kier alpha value is -1.40. The molecule has 0 aromatic carbocycles. The molecule has 6 heteroatoms. The van der Waals surface area contributed by atoms with Crippen LogP contribution < -0.4 is 5.32 Å². The monoisotopic (exact) mass is 363 g/mol. The highest BCUT2D eigenvalue weighted by atomic mass is 32.1. The molecule has 2 aliphatic rings. The minimum absolute atomic E-state index is 0.0609. The molecule has 0 radical (unpaired) electrons. The predicted molar refractivity (Wildman–Crippen MR) is 100 cm³/mol. The van der Waals surface area contributed by atoms with Crippen LogP contribution in [0.15, 0.2) is 17.5 Å². The third-order valence-corrected chi connectivity index (χ3v) is 6.37. The number of carbonyl (C=O) groups excluding carboxylic acids is 2. The topological polar surface area (TPSA) is 52.7 Å². The van der Waals surface area contributed by atoms with E-state index in [0.29, 0.717) is 12.5 Å². The number of thiophene rings is 1. The molecule has 0 spiro atoms. The van der Waals surface area contributed by atoms with Crippen LogP contribution in [0.5, 0.6) is 0 Å². The normalized spacial score (nSPS) is 21.1. The molecule has 5 nitrogen and oxygen atoms in total. The van der Waals surface area contributed by atoms with Crippen molar-refractivity contribution in [1.82, 2.24) is 15.1 Å². The van der Waals surface area contributed by atoms with Gasteiger partial charge in [0.1, 0.15) is 0 Å². The maximum absolute atomic E-state index is 12.6. The van der Waals surface area contributed by atoms with Gasteiger partial charge in [0.25, 0.3) is 0 Å². The second kappa shape index (κ2) is 8.81. The molecule has 0 saturated carbocycles. The van der Waals surface area contributed by atoms with E-state index in [0.717, 1.165) is 51.9 Å². The fourth-order valence-electron chi connectivity index (χ4n) is 3.81. The highest BCUT2D eigenvalue weighted by molar-refractivity contribution is 7.10. The highest BCUT2D eigenvalue weighted by Crippen LogP contribution is 2.22. The summed E-state index contributed by atoms with van der Waals surface area (Å²) in [5.74, 6) is 0.569. The number of amides is 2. The summed E-state index contributed by atoms with van der Waals surface area (Å²) >= 11 is 1.67. The fraction of sp³-hybridized carbons (Fsp3) is 0.684. The Balaban J connectivity index is 1.40. The molecule has 2 saturated heterocycles. The first-order valence-corrected chi connectivity index (χ1v) is 10.4. The molecule has 1 aromatic rings. The van der Waals surface area contributed by atoms with E-state index in [2.05, 4.69) is 15.1 Å². The summed E-state index contributed by atoms with van der Waals surface area (Å²) in [5, 5.41) is 5.10. The van der Waals surface area contributed by atoms with Crippen LogP contribution in [-0.2, 0) is 9.59 Å². The Morgan fingerprint density at radius 3 is 2.56 bits per heavy atom. The summed E-state index contributed by atoms with van der Waals surface area (Å²) < 4.78 is 0. The van der Waals surface area contributed by atoms with Gasteiger partial charge >= 0.3 is 0 Å². The number of carbonyl (C=O) groups is 2. The first-order chi connectivity index (χ1) is 12.1. The Morgan fingerprint density at radius 1 is 1.20 bits per heavy atom. The average Bonchev–Trinajstić information content (AvgIpc) is 3.17. The molecule has 1 aromatic heterocycles. The quantitative estimate of drug-likeness (QED) is 0.875. The third kappa shape index (κ3) is 5.05. The molecule has 1 atom stereocenters. The van der Waals surface area contributed by atoms with Crippen molar-refractivity contribution in [3.05, 3.63) is 22.4 Å². The van der Waals surface area contributed by atoms with Gasteiger partial charge < -0.3 is 10.2 Å². The lowest BCUT2D eigenvalue weighted by molar-refractivity contribution is -0.138. The predicted octanol–water partition coefficient (Wildman–Crippen LogP) is 2.65. The Bertz CT molecular complexity index is 561. The van der Waals surface area contributed by atoms with Crippen LogP contribution in [0.2, 0.25) is 0 Å². The Morgan fingerprint density at radius 2 is 1.92 bits per heavy atom. The fourth-order valence-corrected chi connectivity index (χ4v) is 4.54. The van der Waals surface area contributed by atoms with Crippen molar-refractivity contribution in [2.24, 2.45) is 5.92 Å². The van der Waals surface area contributed by atoms with Gasteiger partial charge in [0, 0.05) is 23.9 Å². The van der Waals surface area contributed by atoms with Crippen molar-refractivity contribution in [1.29, 1.82) is 0 Å². The summed E-state index contributed by atoms with van der Waals surface area (Å²) in [6, 6.07) is 4.12. The molecule has 3 heterocycles. The zero-order valence-electron chi connectivity index (χ0n) is 15.1. The summed E-state index contributed by atoms with van der Waals surface area (Å²) in [6.45, 7) is 5.99. The van der Waals surface area contributed by atoms with E-state index in [1.807, 2.05) is 24.4 Å². The second-order valence-electron chi connectivity index (χ2n) is 7.24. The SMILES string of the molecule is CC(NC(=O)CN1CCC(C(=O)N2CCCCC2)CC1)c1cccs1. The summed E-state index contributed by atoms with van der Waals surface area (Å²) in [6.07, 6.45) is 5.30. The van der Waals surface area contributed by atoms with Crippen molar-refractivity contribution < 1.29 is 9.59 Å². The van der Waals surface area contributed by atoms with Crippen molar-refractivity contribution in [3.8, 4) is 0 Å². The molecule has 0 aliphatic carbocycles. The molecular formula is C19H29N3O2S. The van der Waals surface area contributed by atoms with Gasteiger partial charge in [-0.3, -0.25) is 14.5 Å². The van der Waals surface area contributed by atoms with E-state index in [4.69, 9.17) is 0 Å². The number of hydrogen-bond acceptors (Lipinski definition) is 4. The number of piperidine rings is 2. The van der Waals surface area contributed by atoms with Gasteiger partial charge in [-0.15, -0.1) is 11.3 Å². The second-order valence-corrected chi connectivity index (χ2v) is 8.22. The molecular weight excluding hydrogens is 334 g/mol. The molecule has 3 rings (SSSR count). The van der Waals surface area contributed by atoms with Crippen LogP contribution in [0.25, 0.3) is 0 Å². The van der Waals surface area contributed by atoms with Crippen LogP contribution in [0.4, 0.5) is 0 Å². The average molecular weight is 364 g/mol. The summed E-state index contributed by atoms with van der Waals surface area (Å²) in [7, 11) is 0. The van der Waals surface area contributed by atoms with E-state index in [-0.39, 0.29) is 17.9 Å². The van der Waals surface area contributed by atoms with Gasteiger partial charge in [-0.2, -0.15) is 0 Å². The standard InChI is InChI=1S/C19H29N3O2S/c1-15(17-6-5-13-25-17)20-18(23)14-21-11-7-16(8-12-21)19(24)22-9-3-2-4-10-22/h5-6,13,15-16H,2-4,7-12,14H2,1H3,(H,20,23). The van der Waals surface area contributed by atoms with Gasteiger partial charge in [-0.1, -0.05) is 6.07 Å². The molecule has 2 aliphatic heterocycles. The minimum atomic E-state index is 0.0609. The molecule has 2 amide bonds. The molecule has 25 heavy (non-hydrogen) atoms. The van der Waals surface area contributed by atoms with Gasteiger partial charge in [-0.25, -0.2) is 0 Å². The van der Waals surface area contributed by atoms with E-state index >= 15 is 0 Å². The molecule has 1 N–H and O–H groups in total. The van der Waals surface area contributed by atoms with Crippen LogP contribution in [0.1, 0.15) is 49.9 Å². The van der Waals surface area contributed by atoms with E-state index < -0.39 is 0 Å². The number of nitrogens with zero attached hydrogens (tertiary/aromatic N) is 2. The first-order valence-electron chi connectivity index (χ1n) is 9.47. The molecule has 2 fully saturated rings. The van der Waals surface area contributed by atoms with E-state index in [1.165, 1.54) is 11.3 Å². The van der Waals surface area contributed by atoms with Crippen LogP contribution in [-0.4, -0.2) is 54.3 Å². The molecule has 138 valence electrons. The third-order valence-electron chi connectivity index (χ3n) is 5.32. The smallest absolute Gasteiger partial charge is 0.234 e. The number of nitrogens with one attached hydrogen (secondary N) is 1. The lowest BCUT2D eigenvalue weighted by atomic mass is 9.94. The maximum Gasteiger partial charge on any atom is 0.234 e. The lowest BCUT2D eigenvalue weighted by Gasteiger charge is -2.35. The van der Waals surface area contributed by atoms with Gasteiger partial charge in [0.15, 0.2) is 0 Å². The van der Waals surface area contributed by atoms with Crippen LogP contribution >= 0.6 is 11.3 Å². The van der Waals surface area contributed by atoms with Crippen molar-refractivity contribution in [3.63, 3.8) is 0 Å². The minimum Gasteiger partial charge on any atom is -0.348 e. The van der Waals surface area contributed by atoms with Crippen LogP contribution in [0, 0.1) is 5.92 Å². The Kier molecular flexibility index (Phi) is 6.48. The Labute approximate surface area is 154 Å². The largest absolute Gasteiger partial charge is 0.348 e. The molecule has 1 unspecified atom stereocenters.